The molecule has 0 radical (unpaired) electrons. The molecule has 0 spiro atoms. The van der Waals surface area contributed by atoms with Gasteiger partial charge in [-0.1, -0.05) is 30.3 Å². The molecule has 0 saturated heterocycles. The van der Waals surface area contributed by atoms with E-state index >= 15 is 0 Å². The number of aromatic nitrogens is 2. The van der Waals surface area contributed by atoms with Crippen molar-refractivity contribution in [1.29, 1.82) is 0 Å². The summed E-state index contributed by atoms with van der Waals surface area (Å²) >= 11 is 0. The summed E-state index contributed by atoms with van der Waals surface area (Å²) in [5.74, 6) is -0.370. The lowest BCUT2D eigenvalue weighted by Gasteiger charge is -2.15. The van der Waals surface area contributed by atoms with Crippen LogP contribution in [0.4, 0.5) is 0 Å². The van der Waals surface area contributed by atoms with E-state index in [1.807, 2.05) is 37.3 Å². The minimum absolute atomic E-state index is 0.0489. The van der Waals surface area contributed by atoms with Gasteiger partial charge in [-0.3, -0.25) is 0 Å². The highest BCUT2D eigenvalue weighted by atomic mass is 16.5. The predicted molar refractivity (Wildman–Crippen MR) is 63.8 cm³/mol. The number of rotatable bonds is 3. The van der Waals surface area contributed by atoms with Crippen molar-refractivity contribution >= 4 is 5.97 Å². The van der Waals surface area contributed by atoms with E-state index in [0.717, 1.165) is 5.56 Å². The van der Waals surface area contributed by atoms with Crippen LogP contribution in [0, 0.1) is 0 Å². The molecular weight excluding hydrogens is 215 g/mol. The van der Waals surface area contributed by atoms with Crippen LogP contribution < -0.4 is 0 Å². The maximum Gasteiger partial charge on any atom is 0.356 e. The van der Waals surface area contributed by atoms with E-state index in [1.165, 1.54) is 13.3 Å². The van der Waals surface area contributed by atoms with Crippen molar-refractivity contribution < 1.29 is 9.53 Å². The van der Waals surface area contributed by atoms with Gasteiger partial charge in [0.15, 0.2) is 0 Å². The molecule has 0 saturated carbocycles. The van der Waals surface area contributed by atoms with Gasteiger partial charge < -0.3 is 9.30 Å². The largest absolute Gasteiger partial charge is 0.464 e. The first-order chi connectivity index (χ1) is 8.24. The van der Waals surface area contributed by atoms with E-state index in [9.17, 15) is 4.79 Å². The van der Waals surface area contributed by atoms with Gasteiger partial charge in [-0.15, -0.1) is 0 Å². The lowest BCUT2D eigenvalue weighted by Crippen LogP contribution is -2.14. The van der Waals surface area contributed by atoms with Gasteiger partial charge in [0.05, 0.1) is 25.7 Å². The summed E-state index contributed by atoms with van der Waals surface area (Å²) < 4.78 is 6.53. The second-order valence-corrected chi connectivity index (χ2v) is 3.76. The molecule has 0 amide bonds. The van der Waals surface area contributed by atoms with Gasteiger partial charge in [-0.05, 0) is 12.5 Å². The molecule has 17 heavy (non-hydrogen) atoms. The Bertz CT molecular complexity index is 505. The van der Waals surface area contributed by atoms with E-state index < -0.39 is 0 Å². The minimum Gasteiger partial charge on any atom is -0.464 e. The van der Waals surface area contributed by atoms with Crippen LogP contribution in [0.15, 0.2) is 42.9 Å². The number of benzene rings is 1. The first-order valence-electron chi connectivity index (χ1n) is 5.39. The Labute approximate surface area is 99.9 Å². The van der Waals surface area contributed by atoms with E-state index in [0.29, 0.717) is 5.69 Å². The van der Waals surface area contributed by atoms with Crippen LogP contribution in [0.1, 0.15) is 29.0 Å². The molecule has 0 bridgehead atoms. The van der Waals surface area contributed by atoms with Crippen molar-refractivity contribution in [2.75, 3.05) is 7.11 Å². The van der Waals surface area contributed by atoms with Crippen molar-refractivity contribution in [2.45, 2.75) is 13.0 Å². The fourth-order valence-electron chi connectivity index (χ4n) is 1.77. The first-order valence-corrected chi connectivity index (χ1v) is 5.39. The van der Waals surface area contributed by atoms with E-state index in [1.54, 1.807) is 10.9 Å². The zero-order chi connectivity index (χ0) is 12.3. The SMILES string of the molecule is C[C@H](c1ccccc1)n1cncc1C(=O)O[11CH3]. The lowest BCUT2D eigenvalue weighted by atomic mass is 10.1. The molecule has 2 aromatic rings. The molecule has 1 aromatic carbocycles. The van der Waals surface area contributed by atoms with Crippen LogP contribution in [-0.4, -0.2) is 22.6 Å². The van der Waals surface area contributed by atoms with Crippen molar-refractivity contribution in [3.8, 4) is 0 Å². The summed E-state index contributed by atoms with van der Waals surface area (Å²) in [4.78, 5) is 15.5. The van der Waals surface area contributed by atoms with Gasteiger partial charge in [0.25, 0.3) is 0 Å². The Kier molecular flexibility index (Phi) is 3.23. The highest BCUT2D eigenvalue weighted by Crippen LogP contribution is 2.19. The molecule has 4 heteroatoms. The number of nitrogens with zero attached hydrogens (tertiary/aromatic N) is 2. The number of methoxy groups -OCH3 is 1. The summed E-state index contributed by atoms with van der Waals surface area (Å²) in [5.41, 5.74) is 1.58. The summed E-state index contributed by atoms with van der Waals surface area (Å²) in [6.45, 7) is 2.02. The molecule has 4 nitrogen and oxygen atoms in total. The summed E-state index contributed by atoms with van der Waals surface area (Å²) in [6, 6.07) is 10.00. The fraction of sp³-hybridized carbons (Fsp3) is 0.231. The number of carbonyl (C=O) groups excluding carboxylic acids is 1. The quantitative estimate of drug-likeness (QED) is 0.758. The molecule has 1 heterocycles. The van der Waals surface area contributed by atoms with Gasteiger partial charge in [0.2, 0.25) is 0 Å². The number of carbonyl (C=O) groups is 1. The number of hydrogen-bond acceptors (Lipinski definition) is 3. The second kappa shape index (κ2) is 4.82. The Morgan fingerprint density at radius 3 is 2.71 bits per heavy atom. The monoisotopic (exact) mass is 229 g/mol. The number of ether oxygens (including phenoxy) is 1. The Morgan fingerprint density at radius 1 is 1.35 bits per heavy atom. The summed E-state index contributed by atoms with van der Waals surface area (Å²) in [6.07, 6.45) is 3.16. The fourth-order valence-corrected chi connectivity index (χ4v) is 1.77. The van der Waals surface area contributed by atoms with Crippen molar-refractivity contribution in [3.05, 3.63) is 54.1 Å². The van der Waals surface area contributed by atoms with Crippen LogP contribution in [0.3, 0.4) is 0 Å². The topological polar surface area (TPSA) is 44.1 Å². The van der Waals surface area contributed by atoms with Gasteiger partial charge in [-0.25, -0.2) is 9.78 Å². The van der Waals surface area contributed by atoms with Crippen LogP contribution in [0.2, 0.25) is 0 Å². The highest BCUT2D eigenvalue weighted by molar-refractivity contribution is 5.87. The first kappa shape index (κ1) is 11.4. The van der Waals surface area contributed by atoms with Crippen molar-refractivity contribution in [3.63, 3.8) is 0 Å². The molecule has 0 aliphatic carbocycles. The molecule has 0 unspecified atom stereocenters. The third-order valence-electron chi connectivity index (χ3n) is 2.76. The van der Waals surface area contributed by atoms with Crippen LogP contribution in [0.5, 0.6) is 0 Å². The molecule has 1 aromatic heterocycles. The van der Waals surface area contributed by atoms with E-state index in [2.05, 4.69) is 4.98 Å². The average Bonchev–Trinajstić information content (AvgIpc) is 2.87. The van der Waals surface area contributed by atoms with Crippen molar-refractivity contribution in [2.24, 2.45) is 0 Å². The maximum atomic E-state index is 11.5. The van der Waals surface area contributed by atoms with Crippen molar-refractivity contribution in [1.82, 2.24) is 9.55 Å². The van der Waals surface area contributed by atoms with Crippen LogP contribution >= 0.6 is 0 Å². The zero-order valence-corrected chi connectivity index (χ0v) is 9.83. The normalized spacial score (nSPS) is 12.1. The van der Waals surface area contributed by atoms with E-state index in [-0.39, 0.29) is 12.0 Å². The number of imidazole rings is 1. The zero-order valence-electron chi connectivity index (χ0n) is 9.83. The maximum absolute atomic E-state index is 11.5. The number of esters is 1. The number of hydrogen-bond donors (Lipinski definition) is 0. The third kappa shape index (κ3) is 2.20. The molecule has 2 rings (SSSR count). The molecule has 1 atom stereocenters. The van der Waals surface area contributed by atoms with Gasteiger partial charge in [0, 0.05) is 0 Å². The molecular formula is C13H14N2O2. The predicted octanol–water partition coefficient (Wildman–Crippen LogP) is 2.28. The highest BCUT2D eigenvalue weighted by Gasteiger charge is 2.16. The second-order valence-electron chi connectivity index (χ2n) is 3.76. The minimum atomic E-state index is -0.370. The standard InChI is InChI=1S/C13H14N2O2/c1-10(11-6-4-3-5-7-11)15-9-14-8-12(15)13(16)17-2/h3-10H,1-2H3/t10-/m1/s1/i2-1. The molecule has 0 N–H and O–H groups in total. The van der Waals surface area contributed by atoms with Crippen LogP contribution in [-0.2, 0) is 4.74 Å². The van der Waals surface area contributed by atoms with E-state index in [4.69, 9.17) is 4.74 Å². The average molecular weight is 229 g/mol. The smallest absolute Gasteiger partial charge is 0.356 e. The lowest BCUT2D eigenvalue weighted by molar-refractivity contribution is 0.0587. The molecule has 0 aliphatic rings. The Balaban J connectivity index is 2.35. The van der Waals surface area contributed by atoms with Gasteiger partial charge in [0.1, 0.15) is 5.69 Å². The van der Waals surface area contributed by atoms with Gasteiger partial charge >= 0.3 is 5.97 Å². The Hall–Kier alpha value is -2.10. The molecule has 88 valence electrons. The molecule has 0 fully saturated rings. The summed E-state index contributed by atoms with van der Waals surface area (Å²) in [5, 5.41) is 0. The van der Waals surface area contributed by atoms with Crippen LogP contribution in [0.25, 0.3) is 0 Å². The summed E-state index contributed by atoms with van der Waals surface area (Å²) in [7, 11) is 1.37. The molecule has 0 aliphatic heterocycles. The van der Waals surface area contributed by atoms with Gasteiger partial charge in [-0.2, -0.15) is 0 Å². The third-order valence-corrected chi connectivity index (χ3v) is 2.76. The Morgan fingerprint density at radius 2 is 2.06 bits per heavy atom.